The fourth-order valence-electron chi connectivity index (χ4n) is 3.11. The molecule has 0 bridgehead atoms. The molecule has 3 rings (SSSR count). The zero-order valence-corrected chi connectivity index (χ0v) is 20.7. The molecule has 0 aliphatic rings. The third-order valence-corrected chi connectivity index (χ3v) is 5.10. The maximum Gasteiger partial charge on any atom is 0.192 e. The predicted octanol–water partition coefficient (Wildman–Crippen LogP) is 3.58. The Hall–Kier alpha value is -2.46. The number of benzene rings is 2. The number of hydrogen-bond acceptors (Lipinski definition) is 4. The van der Waals surface area contributed by atoms with Crippen LogP contribution < -0.4 is 10.6 Å². The van der Waals surface area contributed by atoms with Gasteiger partial charge in [0.25, 0.3) is 0 Å². The summed E-state index contributed by atoms with van der Waals surface area (Å²) in [6, 6.07) is 18.1. The highest BCUT2D eigenvalue weighted by Crippen LogP contribution is 2.14. The molecule has 2 atom stereocenters. The molecule has 7 nitrogen and oxygen atoms in total. The Bertz CT molecular complexity index is 989. The fraction of sp³-hybridized carbons (Fsp3) is 0.348. The van der Waals surface area contributed by atoms with Gasteiger partial charge in [0.1, 0.15) is 12.4 Å². The molecular weight excluding hydrogens is 503 g/mol. The summed E-state index contributed by atoms with van der Waals surface area (Å²) in [6.07, 6.45) is -0.638. The number of aryl methyl sites for hydroxylation is 2. The number of guanidine groups is 1. The van der Waals surface area contributed by atoms with Gasteiger partial charge in [-0.15, -0.1) is 34.2 Å². The maximum absolute atomic E-state index is 10.6. The van der Waals surface area contributed by atoms with Gasteiger partial charge in [0.15, 0.2) is 11.8 Å². The number of aliphatic hydroxyl groups is 1. The van der Waals surface area contributed by atoms with Crippen LogP contribution in [0.25, 0.3) is 0 Å². The van der Waals surface area contributed by atoms with E-state index < -0.39 is 6.10 Å². The Kier molecular flexibility index (Phi) is 9.44. The number of halogens is 1. The van der Waals surface area contributed by atoms with Crippen LogP contribution >= 0.6 is 24.0 Å². The summed E-state index contributed by atoms with van der Waals surface area (Å²) in [6.45, 7) is 6.73. The highest BCUT2D eigenvalue weighted by molar-refractivity contribution is 14.0. The van der Waals surface area contributed by atoms with E-state index in [0.717, 1.165) is 28.3 Å². The normalized spacial score (nSPS) is 13.3. The summed E-state index contributed by atoms with van der Waals surface area (Å²) in [7, 11) is 1.93. The van der Waals surface area contributed by atoms with E-state index in [1.165, 1.54) is 0 Å². The first kappa shape index (κ1) is 24.8. The lowest BCUT2D eigenvalue weighted by atomic mass is 10.1. The fourth-order valence-corrected chi connectivity index (χ4v) is 3.11. The van der Waals surface area contributed by atoms with Gasteiger partial charge in [-0.2, -0.15) is 0 Å². The van der Waals surface area contributed by atoms with Crippen LogP contribution in [0.3, 0.4) is 0 Å². The van der Waals surface area contributed by atoms with Crippen LogP contribution in [0.1, 0.15) is 47.4 Å². The number of aromatic nitrogens is 3. The van der Waals surface area contributed by atoms with Crippen LogP contribution in [0.15, 0.2) is 59.6 Å². The van der Waals surface area contributed by atoms with E-state index in [1.807, 2.05) is 67.9 Å². The smallest absolute Gasteiger partial charge is 0.192 e. The third kappa shape index (κ3) is 7.03. The minimum absolute atomic E-state index is 0. The molecule has 0 saturated carbocycles. The summed E-state index contributed by atoms with van der Waals surface area (Å²) < 4.78 is 1.92. The van der Waals surface area contributed by atoms with Gasteiger partial charge in [-0.05, 0) is 31.9 Å². The molecule has 1 aromatic heterocycles. The summed E-state index contributed by atoms with van der Waals surface area (Å²) in [5.41, 5.74) is 3.15. The van der Waals surface area contributed by atoms with E-state index in [2.05, 4.69) is 44.9 Å². The number of nitrogens with zero attached hydrogens (tertiary/aromatic N) is 4. The predicted molar refractivity (Wildman–Crippen MR) is 134 cm³/mol. The second-order valence-corrected chi connectivity index (χ2v) is 7.47. The molecule has 2 unspecified atom stereocenters. The Balaban J connectivity index is 0.00000341. The van der Waals surface area contributed by atoms with Crippen molar-refractivity contribution >= 4 is 29.9 Å². The molecule has 0 amide bonds. The van der Waals surface area contributed by atoms with Crippen molar-refractivity contribution < 1.29 is 5.11 Å². The van der Waals surface area contributed by atoms with Crippen LogP contribution in [0.5, 0.6) is 0 Å². The summed E-state index contributed by atoms with van der Waals surface area (Å²) in [5.74, 6) is 2.23. The summed E-state index contributed by atoms with van der Waals surface area (Å²) in [5, 5.41) is 25.6. The van der Waals surface area contributed by atoms with Gasteiger partial charge in [0.05, 0.1) is 12.1 Å². The maximum atomic E-state index is 10.6. The number of nitrogens with one attached hydrogen (secondary N) is 2. The van der Waals surface area contributed by atoms with Crippen molar-refractivity contribution in [1.29, 1.82) is 0 Å². The Morgan fingerprint density at radius 1 is 1.06 bits per heavy atom. The SMILES string of the molecule is Cc1cccc(C(O)CNC(=NCc2nnc(C)n2C)NC(C)c2ccccc2)c1.I. The van der Waals surface area contributed by atoms with Gasteiger partial charge in [0.2, 0.25) is 0 Å². The lowest BCUT2D eigenvalue weighted by Gasteiger charge is -2.20. The second kappa shape index (κ2) is 11.8. The molecule has 31 heavy (non-hydrogen) atoms. The molecule has 0 aliphatic heterocycles. The van der Waals surface area contributed by atoms with Crippen molar-refractivity contribution in [2.75, 3.05) is 6.54 Å². The van der Waals surface area contributed by atoms with Crippen molar-refractivity contribution in [2.24, 2.45) is 12.0 Å². The number of rotatable bonds is 7. The van der Waals surface area contributed by atoms with Gasteiger partial charge >= 0.3 is 0 Å². The largest absolute Gasteiger partial charge is 0.387 e. The number of aliphatic imine (C=N–C) groups is 1. The molecule has 1 heterocycles. The highest BCUT2D eigenvalue weighted by Gasteiger charge is 2.12. The van der Waals surface area contributed by atoms with Crippen molar-refractivity contribution in [3.63, 3.8) is 0 Å². The first-order valence-electron chi connectivity index (χ1n) is 10.1. The minimum Gasteiger partial charge on any atom is -0.387 e. The Morgan fingerprint density at radius 3 is 2.42 bits per heavy atom. The molecule has 0 spiro atoms. The van der Waals surface area contributed by atoms with E-state index in [9.17, 15) is 5.11 Å². The molecule has 0 saturated heterocycles. The van der Waals surface area contributed by atoms with E-state index in [4.69, 9.17) is 0 Å². The zero-order chi connectivity index (χ0) is 21.5. The molecule has 3 aromatic rings. The summed E-state index contributed by atoms with van der Waals surface area (Å²) >= 11 is 0. The molecule has 0 aliphatic carbocycles. The van der Waals surface area contributed by atoms with Gasteiger partial charge in [-0.25, -0.2) is 4.99 Å². The average molecular weight is 534 g/mol. The lowest BCUT2D eigenvalue weighted by Crippen LogP contribution is -2.40. The van der Waals surface area contributed by atoms with Crippen LogP contribution in [-0.2, 0) is 13.6 Å². The van der Waals surface area contributed by atoms with Crippen LogP contribution in [0.4, 0.5) is 0 Å². The van der Waals surface area contributed by atoms with Crippen LogP contribution in [0, 0.1) is 13.8 Å². The molecular formula is C23H31IN6O. The molecule has 2 aromatic carbocycles. The van der Waals surface area contributed by atoms with Crippen molar-refractivity contribution in [1.82, 2.24) is 25.4 Å². The highest BCUT2D eigenvalue weighted by atomic mass is 127. The molecule has 0 radical (unpaired) electrons. The molecule has 3 N–H and O–H groups in total. The molecule has 8 heteroatoms. The lowest BCUT2D eigenvalue weighted by molar-refractivity contribution is 0.180. The number of hydrogen-bond donors (Lipinski definition) is 3. The standard InChI is InChI=1S/C23H30N6O.HI/c1-16-9-8-12-20(13-16)21(30)14-24-23(25-15-22-28-27-18(3)29(22)4)26-17(2)19-10-6-5-7-11-19;/h5-13,17,21,30H,14-15H2,1-4H3,(H2,24,25,26);1H. The third-order valence-electron chi connectivity index (χ3n) is 5.10. The van der Waals surface area contributed by atoms with E-state index in [-0.39, 0.29) is 30.0 Å². The van der Waals surface area contributed by atoms with Crippen LogP contribution in [-0.4, -0.2) is 32.4 Å². The first-order valence-corrected chi connectivity index (χ1v) is 10.1. The first-order chi connectivity index (χ1) is 14.4. The topological polar surface area (TPSA) is 87.4 Å². The molecule has 0 fully saturated rings. The Morgan fingerprint density at radius 2 is 1.77 bits per heavy atom. The van der Waals surface area contributed by atoms with Gasteiger partial charge < -0.3 is 20.3 Å². The quantitative estimate of drug-likeness (QED) is 0.245. The van der Waals surface area contributed by atoms with Gasteiger partial charge in [0, 0.05) is 13.6 Å². The van der Waals surface area contributed by atoms with Crippen LogP contribution in [0.2, 0.25) is 0 Å². The van der Waals surface area contributed by atoms with Crippen molar-refractivity contribution in [3.05, 3.63) is 82.9 Å². The summed E-state index contributed by atoms with van der Waals surface area (Å²) in [4.78, 5) is 4.68. The van der Waals surface area contributed by atoms with Crippen molar-refractivity contribution in [2.45, 2.75) is 39.5 Å². The second-order valence-electron chi connectivity index (χ2n) is 7.47. The Labute approximate surface area is 201 Å². The monoisotopic (exact) mass is 534 g/mol. The van der Waals surface area contributed by atoms with Gasteiger partial charge in [-0.1, -0.05) is 60.2 Å². The molecule has 166 valence electrons. The van der Waals surface area contributed by atoms with E-state index in [0.29, 0.717) is 19.0 Å². The van der Waals surface area contributed by atoms with E-state index >= 15 is 0 Å². The van der Waals surface area contributed by atoms with Crippen molar-refractivity contribution in [3.8, 4) is 0 Å². The zero-order valence-electron chi connectivity index (χ0n) is 18.4. The van der Waals surface area contributed by atoms with E-state index in [1.54, 1.807) is 0 Å². The minimum atomic E-state index is -0.638. The number of aliphatic hydroxyl groups excluding tert-OH is 1. The average Bonchev–Trinajstić information content (AvgIpc) is 3.08. The van der Waals surface area contributed by atoms with Gasteiger partial charge in [-0.3, -0.25) is 0 Å².